The molecule has 3 aliphatic rings. The third kappa shape index (κ3) is 3.19. The van der Waals surface area contributed by atoms with Crippen molar-refractivity contribution in [2.75, 3.05) is 0 Å². The zero-order valence-corrected chi connectivity index (χ0v) is 17.1. The highest BCUT2D eigenvalue weighted by Crippen LogP contribution is 2.62. The summed E-state index contributed by atoms with van der Waals surface area (Å²) in [4.78, 5) is 37.9. The Labute approximate surface area is 169 Å². The van der Waals surface area contributed by atoms with Crippen LogP contribution in [0.25, 0.3) is 0 Å². The van der Waals surface area contributed by atoms with Gasteiger partial charge in [0.15, 0.2) is 11.9 Å². The van der Waals surface area contributed by atoms with Crippen LogP contribution in [0.4, 0.5) is 0 Å². The van der Waals surface area contributed by atoms with Gasteiger partial charge in [0.2, 0.25) is 0 Å². The van der Waals surface area contributed by atoms with Crippen molar-refractivity contribution in [1.29, 1.82) is 0 Å². The zero-order chi connectivity index (χ0) is 21.0. The second-order valence-electron chi connectivity index (χ2n) is 9.36. The molecule has 2 heterocycles. The average molecular weight is 404 g/mol. The van der Waals surface area contributed by atoms with Crippen molar-refractivity contribution < 1.29 is 33.4 Å². The molecule has 2 saturated carbocycles. The van der Waals surface area contributed by atoms with Crippen molar-refractivity contribution in [1.82, 2.24) is 0 Å². The van der Waals surface area contributed by atoms with Gasteiger partial charge >= 0.3 is 11.9 Å². The molecule has 7 heteroatoms. The summed E-state index contributed by atoms with van der Waals surface area (Å²) in [6, 6.07) is 3.31. The summed E-state index contributed by atoms with van der Waals surface area (Å²) in [5, 5.41) is 10.7. The molecule has 1 aromatic heterocycles. The van der Waals surface area contributed by atoms with Gasteiger partial charge in [0.25, 0.3) is 0 Å². The molecule has 7 nitrogen and oxygen atoms in total. The summed E-state index contributed by atoms with van der Waals surface area (Å²) < 4.78 is 16.2. The smallest absolute Gasteiger partial charge is 0.309 e. The molecule has 7 atom stereocenters. The number of carbonyl (C=O) groups is 3. The standard InChI is InChI=1S/C22H28O7/c1-12(23)28-15-7-9-21(2)8-6-13-20(26)29-16(17(24)14-5-4-10-27-14)11-22(13,3)19(21)18(15)25/h4-5,10,13,15-17,19,24H,6-9,11H2,1-3H3/t13-,15-,16-,17?,19-,21-,22-/m0/s1. The highest BCUT2D eigenvalue weighted by molar-refractivity contribution is 5.90. The number of carbonyl (C=O) groups excluding carboxylic acids is 3. The first kappa shape index (κ1) is 20.1. The molecular formula is C22H28O7. The van der Waals surface area contributed by atoms with Gasteiger partial charge in [-0.05, 0) is 55.1 Å². The third-order valence-electron chi connectivity index (χ3n) is 7.42. The van der Waals surface area contributed by atoms with Crippen LogP contribution in [0.1, 0.15) is 64.7 Å². The van der Waals surface area contributed by atoms with Crippen LogP contribution in [0.3, 0.4) is 0 Å². The SMILES string of the molecule is CC(=O)O[C@H]1CC[C@]2(C)CC[C@H]3C(=O)O[C@H](C(O)c4ccco4)C[C@]3(C)[C@H]2C1=O. The number of aliphatic hydroxyl groups is 1. The predicted octanol–water partition coefficient (Wildman–Crippen LogP) is 2.96. The molecule has 29 heavy (non-hydrogen) atoms. The lowest BCUT2D eigenvalue weighted by molar-refractivity contribution is -0.209. The molecule has 2 aliphatic carbocycles. The van der Waals surface area contributed by atoms with Gasteiger partial charge in [-0.3, -0.25) is 14.4 Å². The molecule has 4 rings (SSSR count). The van der Waals surface area contributed by atoms with Crippen LogP contribution in [0.5, 0.6) is 0 Å². The number of aliphatic hydroxyl groups excluding tert-OH is 1. The van der Waals surface area contributed by atoms with Crippen LogP contribution in [0.15, 0.2) is 22.8 Å². The van der Waals surface area contributed by atoms with Crippen LogP contribution in [-0.4, -0.2) is 35.0 Å². The fourth-order valence-corrected chi connectivity index (χ4v) is 6.16. The Bertz CT molecular complexity index is 815. The molecule has 1 unspecified atom stereocenters. The Morgan fingerprint density at radius 1 is 1.28 bits per heavy atom. The van der Waals surface area contributed by atoms with Crippen molar-refractivity contribution in [3.05, 3.63) is 24.2 Å². The number of ketones is 1. The van der Waals surface area contributed by atoms with Gasteiger partial charge in [0.05, 0.1) is 12.2 Å². The minimum atomic E-state index is -1.09. The number of ether oxygens (including phenoxy) is 2. The molecule has 0 amide bonds. The zero-order valence-electron chi connectivity index (χ0n) is 17.1. The van der Waals surface area contributed by atoms with Crippen molar-refractivity contribution in [2.24, 2.45) is 22.7 Å². The Morgan fingerprint density at radius 3 is 2.66 bits per heavy atom. The van der Waals surface area contributed by atoms with E-state index < -0.39 is 41.5 Å². The summed E-state index contributed by atoms with van der Waals surface area (Å²) in [5.74, 6) is -1.48. The van der Waals surface area contributed by atoms with Gasteiger partial charge in [-0.25, -0.2) is 0 Å². The van der Waals surface area contributed by atoms with Crippen molar-refractivity contribution >= 4 is 17.7 Å². The number of hydrogen-bond acceptors (Lipinski definition) is 7. The van der Waals surface area contributed by atoms with E-state index in [4.69, 9.17) is 13.9 Å². The molecular weight excluding hydrogens is 376 g/mol. The lowest BCUT2D eigenvalue weighted by atomic mass is 9.45. The van der Waals surface area contributed by atoms with E-state index in [0.29, 0.717) is 25.0 Å². The van der Waals surface area contributed by atoms with E-state index in [1.807, 2.05) is 6.92 Å². The van der Waals surface area contributed by atoms with Crippen LogP contribution in [0.2, 0.25) is 0 Å². The molecule has 158 valence electrons. The van der Waals surface area contributed by atoms with Crippen LogP contribution >= 0.6 is 0 Å². The van der Waals surface area contributed by atoms with E-state index in [0.717, 1.165) is 12.8 Å². The van der Waals surface area contributed by atoms with Gasteiger partial charge in [-0.1, -0.05) is 13.8 Å². The lowest BCUT2D eigenvalue weighted by Gasteiger charge is -2.59. The molecule has 0 radical (unpaired) electrons. The number of Topliss-reactive ketones (excluding diaryl/α,β-unsaturated/α-hetero) is 1. The maximum absolute atomic E-state index is 13.5. The molecule has 1 aromatic rings. The van der Waals surface area contributed by atoms with Crippen molar-refractivity contribution in [3.8, 4) is 0 Å². The second-order valence-corrected chi connectivity index (χ2v) is 9.36. The lowest BCUT2D eigenvalue weighted by Crippen LogP contribution is -2.62. The van der Waals surface area contributed by atoms with Gasteiger partial charge in [-0.15, -0.1) is 0 Å². The molecule has 0 bridgehead atoms. The topological polar surface area (TPSA) is 103 Å². The van der Waals surface area contributed by atoms with Crippen molar-refractivity contribution in [2.45, 2.75) is 71.2 Å². The average Bonchev–Trinajstić information content (AvgIpc) is 3.17. The summed E-state index contributed by atoms with van der Waals surface area (Å²) in [5.41, 5.74) is -0.951. The number of cyclic esters (lactones) is 1. The summed E-state index contributed by atoms with van der Waals surface area (Å²) in [7, 11) is 0. The summed E-state index contributed by atoms with van der Waals surface area (Å²) in [6.07, 6.45) is 1.81. The first-order chi connectivity index (χ1) is 13.7. The normalized spacial score (nSPS) is 40.4. The van der Waals surface area contributed by atoms with Crippen LogP contribution in [0, 0.1) is 22.7 Å². The van der Waals surface area contributed by atoms with E-state index in [-0.39, 0.29) is 17.2 Å². The molecule has 1 N–H and O–H groups in total. The highest BCUT2D eigenvalue weighted by Gasteiger charge is 2.64. The first-order valence-electron chi connectivity index (χ1n) is 10.3. The minimum absolute atomic E-state index is 0.109. The van der Waals surface area contributed by atoms with Crippen molar-refractivity contribution in [3.63, 3.8) is 0 Å². The largest absolute Gasteiger partial charge is 0.466 e. The molecule has 1 aliphatic heterocycles. The fourth-order valence-electron chi connectivity index (χ4n) is 6.16. The quantitative estimate of drug-likeness (QED) is 0.773. The van der Waals surface area contributed by atoms with Gasteiger partial charge in [0.1, 0.15) is 18.0 Å². The molecule has 0 aromatic carbocycles. The van der Waals surface area contributed by atoms with E-state index in [1.54, 1.807) is 12.1 Å². The Balaban J connectivity index is 1.68. The third-order valence-corrected chi connectivity index (χ3v) is 7.42. The number of fused-ring (bicyclic) bond motifs is 3. The number of rotatable bonds is 3. The Hall–Kier alpha value is -2.15. The van der Waals surface area contributed by atoms with Crippen LogP contribution < -0.4 is 0 Å². The first-order valence-corrected chi connectivity index (χ1v) is 10.3. The van der Waals surface area contributed by atoms with Gasteiger partial charge < -0.3 is 19.0 Å². The van der Waals surface area contributed by atoms with E-state index in [1.165, 1.54) is 13.2 Å². The molecule has 1 saturated heterocycles. The van der Waals surface area contributed by atoms with E-state index >= 15 is 0 Å². The van der Waals surface area contributed by atoms with Gasteiger partial charge in [-0.2, -0.15) is 0 Å². The number of esters is 2. The fraction of sp³-hybridized carbons (Fsp3) is 0.682. The van der Waals surface area contributed by atoms with Gasteiger partial charge in [0, 0.05) is 12.8 Å². The van der Waals surface area contributed by atoms with Crippen LogP contribution in [-0.2, 0) is 23.9 Å². The second kappa shape index (κ2) is 6.97. The Morgan fingerprint density at radius 2 is 2.00 bits per heavy atom. The summed E-state index contributed by atoms with van der Waals surface area (Å²) in [6.45, 7) is 5.36. The molecule has 3 fully saturated rings. The molecule has 0 spiro atoms. The minimum Gasteiger partial charge on any atom is -0.466 e. The highest BCUT2D eigenvalue weighted by atomic mass is 16.6. The Kier molecular flexibility index (Phi) is 4.84. The monoisotopic (exact) mass is 404 g/mol. The maximum Gasteiger partial charge on any atom is 0.309 e. The predicted molar refractivity (Wildman–Crippen MR) is 100 cm³/mol. The van der Waals surface area contributed by atoms with E-state index in [2.05, 4.69) is 6.92 Å². The number of hydrogen-bond donors (Lipinski definition) is 1. The summed E-state index contributed by atoms with van der Waals surface area (Å²) >= 11 is 0. The van der Waals surface area contributed by atoms with E-state index in [9.17, 15) is 19.5 Å². The number of furan rings is 1. The maximum atomic E-state index is 13.5.